The first kappa shape index (κ1) is 22.8. The topological polar surface area (TPSA) is 62.3 Å². The Labute approximate surface area is 183 Å². The van der Waals surface area contributed by atoms with E-state index in [0.717, 1.165) is 32.4 Å². The van der Waals surface area contributed by atoms with Crippen molar-refractivity contribution in [3.63, 3.8) is 0 Å². The van der Waals surface area contributed by atoms with Crippen molar-refractivity contribution in [1.82, 2.24) is 4.90 Å². The molecule has 1 aliphatic heterocycles. The fourth-order valence-electron chi connectivity index (χ4n) is 4.14. The first-order valence-corrected chi connectivity index (χ1v) is 9.47. The summed E-state index contributed by atoms with van der Waals surface area (Å²) in [6.45, 7) is 1.95. The first-order chi connectivity index (χ1) is 12.7. The average molecular weight is 441 g/mol. The monoisotopic (exact) mass is 439 g/mol. The molecule has 4 nitrogen and oxygen atoms in total. The molecular formula is C21H24Cl3N3O. The van der Waals surface area contributed by atoms with Crippen LogP contribution in [0.25, 0.3) is 0 Å². The lowest BCUT2D eigenvalue weighted by molar-refractivity contribution is 0.0594. The SMILES string of the molecule is Cl.Cl.N#Cc1ccc(OC2c3ccccc3C[C@H]2N2CCC[C@@H](N)C2)c(Cl)c1. The number of fused-ring (bicyclic) bond motifs is 1. The lowest BCUT2D eigenvalue weighted by Gasteiger charge is -2.38. The van der Waals surface area contributed by atoms with Gasteiger partial charge in [0.2, 0.25) is 0 Å². The largest absolute Gasteiger partial charge is 0.482 e. The van der Waals surface area contributed by atoms with Gasteiger partial charge in [-0.1, -0.05) is 35.9 Å². The maximum atomic E-state index is 9.04. The van der Waals surface area contributed by atoms with Crippen LogP contribution in [0.1, 0.15) is 35.6 Å². The first-order valence-electron chi connectivity index (χ1n) is 9.09. The third kappa shape index (κ3) is 4.56. The number of rotatable bonds is 3. The summed E-state index contributed by atoms with van der Waals surface area (Å²) >= 11 is 6.36. The number of ether oxygens (including phenoxy) is 1. The van der Waals surface area contributed by atoms with Crippen LogP contribution in [0.4, 0.5) is 0 Å². The second kappa shape index (κ2) is 9.82. The zero-order chi connectivity index (χ0) is 18.1. The predicted octanol–water partition coefficient (Wildman–Crippen LogP) is 4.52. The van der Waals surface area contributed by atoms with E-state index in [0.29, 0.717) is 16.3 Å². The number of halogens is 3. The van der Waals surface area contributed by atoms with E-state index in [1.54, 1.807) is 18.2 Å². The molecule has 0 aromatic heterocycles. The van der Waals surface area contributed by atoms with Gasteiger partial charge < -0.3 is 10.5 Å². The van der Waals surface area contributed by atoms with Gasteiger partial charge in [0.25, 0.3) is 0 Å². The predicted molar refractivity (Wildman–Crippen MR) is 117 cm³/mol. The fraction of sp³-hybridized carbons (Fsp3) is 0.381. The fourth-order valence-corrected chi connectivity index (χ4v) is 4.37. The molecule has 1 aliphatic carbocycles. The third-order valence-corrected chi connectivity index (χ3v) is 5.71. The van der Waals surface area contributed by atoms with Crippen molar-refractivity contribution in [2.45, 2.75) is 37.5 Å². The van der Waals surface area contributed by atoms with Crippen molar-refractivity contribution >= 4 is 36.4 Å². The smallest absolute Gasteiger partial charge is 0.140 e. The van der Waals surface area contributed by atoms with Crippen LogP contribution in [0.2, 0.25) is 5.02 Å². The summed E-state index contributed by atoms with van der Waals surface area (Å²) in [5, 5.41) is 9.51. The van der Waals surface area contributed by atoms with E-state index < -0.39 is 0 Å². The molecule has 1 heterocycles. The van der Waals surface area contributed by atoms with Crippen molar-refractivity contribution in [2.24, 2.45) is 5.73 Å². The highest BCUT2D eigenvalue weighted by Gasteiger charge is 2.39. The second-order valence-corrected chi connectivity index (χ2v) is 7.57. The Bertz CT molecular complexity index is 855. The van der Waals surface area contributed by atoms with Gasteiger partial charge in [0.05, 0.1) is 22.7 Å². The number of hydrogen-bond donors (Lipinski definition) is 1. The minimum absolute atomic E-state index is 0. The Morgan fingerprint density at radius 3 is 2.68 bits per heavy atom. The number of nitriles is 1. The Balaban J connectivity index is 0.00000140. The normalized spacial score (nSPS) is 23.7. The molecule has 28 heavy (non-hydrogen) atoms. The van der Waals surface area contributed by atoms with Crippen LogP contribution in [0.15, 0.2) is 42.5 Å². The van der Waals surface area contributed by atoms with E-state index in [2.05, 4.69) is 35.2 Å². The van der Waals surface area contributed by atoms with Crippen molar-refractivity contribution in [3.8, 4) is 11.8 Å². The van der Waals surface area contributed by atoms with Gasteiger partial charge in [-0.15, -0.1) is 24.8 Å². The summed E-state index contributed by atoms with van der Waals surface area (Å²) in [6.07, 6.45) is 3.09. The molecule has 2 N–H and O–H groups in total. The lowest BCUT2D eigenvalue weighted by Crippen LogP contribution is -2.49. The molecule has 0 bridgehead atoms. The Morgan fingerprint density at radius 2 is 1.96 bits per heavy atom. The zero-order valence-corrected chi connectivity index (χ0v) is 17.8. The highest BCUT2D eigenvalue weighted by atomic mass is 35.5. The number of nitrogens with two attached hydrogens (primary N) is 1. The molecule has 0 radical (unpaired) electrons. The van der Waals surface area contributed by atoms with E-state index in [1.165, 1.54) is 11.1 Å². The number of piperidine rings is 1. The summed E-state index contributed by atoms with van der Waals surface area (Å²) in [5.41, 5.74) is 9.30. The molecule has 3 atom stereocenters. The van der Waals surface area contributed by atoms with E-state index in [9.17, 15) is 0 Å². The summed E-state index contributed by atoms with van der Waals surface area (Å²) in [4.78, 5) is 2.47. The van der Waals surface area contributed by atoms with Crippen LogP contribution >= 0.6 is 36.4 Å². The molecule has 0 saturated carbocycles. The van der Waals surface area contributed by atoms with Gasteiger partial charge in [-0.3, -0.25) is 4.90 Å². The molecule has 1 saturated heterocycles. The summed E-state index contributed by atoms with van der Waals surface area (Å²) in [5.74, 6) is 0.624. The van der Waals surface area contributed by atoms with Crippen molar-refractivity contribution in [3.05, 3.63) is 64.2 Å². The number of hydrogen-bond acceptors (Lipinski definition) is 4. The van der Waals surface area contributed by atoms with Gasteiger partial charge >= 0.3 is 0 Å². The van der Waals surface area contributed by atoms with E-state index in [-0.39, 0.29) is 43.0 Å². The molecule has 150 valence electrons. The standard InChI is InChI=1S/C21H22ClN3O.2ClH/c22-18-10-14(12-23)7-8-20(18)26-21-17-6-2-1-4-15(17)11-19(21)25-9-3-5-16(24)13-25;;/h1-2,4,6-8,10,16,19,21H,3,5,9,11,13,24H2;2*1H/t16-,19-,21?;;/m1../s1. The van der Waals surface area contributed by atoms with Crippen LogP contribution in [0.3, 0.4) is 0 Å². The van der Waals surface area contributed by atoms with Gasteiger partial charge in [0.15, 0.2) is 0 Å². The van der Waals surface area contributed by atoms with Crippen LogP contribution in [0, 0.1) is 11.3 Å². The van der Waals surface area contributed by atoms with E-state index in [4.69, 9.17) is 27.3 Å². The molecule has 0 amide bonds. The quantitative estimate of drug-likeness (QED) is 0.762. The average Bonchev–Trinajstić information content (AvgIpc) is 3.02. The molecular weight excluding hydrogens is 417 g/mol. The van der Waals surface area contributed by atoms with Crippen molar-refractivity contribution < 1.29 is 4.74 Å². The Kier molecular flexibility index (Phi) is 8.00. The lowest BCUT2D eigenvalue weighted by atomic mass is 10.0. The summed E-state index contributed by atoms with van der Waals surface area (Å²) < 4.78 is 6.41. The second-order valence-electron chi connectivity index (χ2n) is 7.16. The van der Waals surface area contributed by atoms with Crippen molar-refractivity contribution in [2.75, 3.05) is 13.1 Å². The third-order valence-electron chi connectivity index (χ3n) is 5.41. The number of likely N-dealkylation sites (tertiary alicyclic amines) is 1. The minimum atomic E-state index is -0.0815. The molecule has 0 spiro atoms. The van der Waals surface area contributed by atoms with Crippen LogP contribution < -0.4 is 10.5 Å². The molecule has 1 fully saturated rings. The minimum Gasteiger partial charge on any atom is -0.482 e. The Hall–Kier alpha value is -1.48. The molecule has 1 unspecified atom stereocenters. The van der Waals surface area contributed by atoms with Crippen LogP contribution in [-0.4, -0.2) is 30.1 Å². The molecule has 7 heteroatoms. The van der Waals surface area contributed by atoms with Gasteiger partial charge in [-0.2, -0.15) is 5.26 Å². The summed E-state index contributed by atoms with van der Waals surface area (Å²) in [6, 6.07) is 16.2. The Morgan fingerprint density at radius 1 is 1.18 bits per heavy atom. The highest BCUT2D eigenvalue weighted by Crippen LogP contribution is 2.40. The molecule has 2 aliphatic rings. The van der Waals surface area contributed by atoms with Gasteiger partial charge in [-0.05, 0) is 55.1 Å². The van der Waals surface area contributed by atoms with Crippen LogP contribution in [0.5, 0.6) is 5.75 Å². The van der Waals surface area contributed by atoms with Gasteiger partial charge in [0, 0.05) is 12.6 Å². The molecule has 4 rings (SSSR count). The number of nitrogens with zero attached hydrogens (tertiary/aromatic N) is 2. The number of benzene rings is 2. The summed E-state index contributed by atoms with van der Waals surface area (Å²) in [7, 11) is 0. The van der Waals surface area contributed by atoms with Crippen LogP contribution in [-0.2, 0) is 6.42 Å². The van der Waals surface area contributed by atoms with Gasteiger partial charge in [0.1, 0.15) is 11.9 Å². The van der Waals surface area contributed by atoms with E-state index in [1.807, 2.05) is 0 Å². The highest BCUT2D eigenvalue weighted by molar-refractivity contribution is 6.32. The van der Waals surface area contributed by atoms with Gasteiger partial charge in [-0.25, -0.2) is 0 Å². The maximum Gasteiger partial charge on any atom is 0.140 e. The zero-order valence-electron chi connectivity index (χ0n) is 15.4. The molecule has 2 aromatic carbocycles. The van der Waals surface area contributed by atoms with Crippen molar-refractivity contribution in [1.29, 1.82) is 5.26 Å². The maximum absolute atomic E-state index is 9.04. The van der Waals surface area contributed by atoms with E-state index >= 15 is 0 Å². The molecule has 2 aromatic rings.